The van der Waals surface area contributed by atoms with Crippen molar-refractivity contribution in [3.8, 4) is 0 Å². The maximum absolute atomic E-state index is 10.3. The topological polar surface area (TPSA) is 32.3 Å². The molecule has 1 heterocycles. The third kappa shape index (κ3) is 1.20. The van der Waals surface area contributed by atoms with Crippen LogP contribution in [0.1, 0.15) is 13.3 Å². The number of rotatable bonds is 1. The molecule has 0 spiro atoms. The Morgan fingerprint density at radius 1 is 1.62 bits per heavy atom. The second-order valence-corrected chi connectivity index (χ2v) is 2.01. The average molecular weight is 114 g/mol. The Balaban J connectivity index is 2.09. The van der Waals surface area contributed by atoms with Gasteiger partial charge in [-0.3, -0.25) is 10.2 Å². The highest BCUT2D eigenvalue weighted by atomic mass is 16.2. The number of hydrazine groups is 1. The van der Waals surface area contributed by atoms with Crippen LogP contribution in [0.5, 0.6) is 0 Å². The number of hydrogen-bond acceptors (Lipinski definition) is 2. The van der Waals surface area contributed by atoms with Gasteiger partial charge >= 0.3 is 0 Å². The summed E-state index contributed by atoms with van der Waals surface area (Å²) in [6, 6.07) is 0. The van der Waals surface area contributed by atoms with Gasteiger partial charge in [0.25, 0.3) is 0 Å². The minimum absolute atomic E-state index is 0.0321. The number of nitrogens with one attached hydrogen (secondary N) is 1. The Bertz CT molecular complexity index is 98.6. The Morgan fingerprint density at radius 3 is 2.38 bits per heavy atom. The van der Waals surface area contributed by atoms with Crippen LogP contribution in [-0.4, -0.2) is 24.0 Å². The predicted molar refractivity (Wildman–Crippen MR) is 30.0 cm³/mol. The van der Waals surface area contributed by atoms with E-state index in [9.17, 15) is 4.79 Å². The van der Waals surface area contributed by atoms with Crippen molar-refractivity contribution in [2.45, 2.75) is 13.3 Å². The molecule has 0 bridgehead atoms. The van der Waals surface area contributed by atoms with E-state index in [1.807, 2.05) is 5.01 Å². The normalized spacial score (nSPS) is 19.6. The van der Waals surface area contributed by atoms with Crippen molar-refractivity contribution in [2.75, 3.05) is 13.1 Å². The Labute approximate surface area is 48.6 Å². The van der Waals surface area contributed by atoms with E-state index in [4.69, 9.17) is 0 Å². The van der Waals surface area contributed by atoms with Gasteiger partial charge in [0.05, 0.1) is 0 Å². The molecular formula is C5H10N2O. The molecule has 1 fully saturated rings. The summed E-state index contributed by atoms with van der Waals surface area (Å²) in [6.45, 7) is 3.55. The van der Waals surface area contributed by atoms with Gasteiger partial charge in [-0.05, 0) is 6.42 Å². The monoisotopic (exact) mass is 114 g/mol. The summed E-state index contributed by atoms with van der Waals surface area (Å²) in [5.41, 5.74) is 2.67. The smallest absolute Gasteiger partial charge is 0.231 e. The number of hydrogen-bond donors (Lipinski definition) is 1. The van der Waals surface area contributed by atoms with E-state index >= 15 is 0 Å². The molecule has 1 aliphatic heterocycles. The molecule has 3 nitrogen and oxygen atoms in total. The van der Waals surface area contributed by atoms with E-state index in [-0.39, 0.29) is 5.91 Å². The van der Waals surface area contributed by atoms with Crippen LogP contribution in [0.3, 0.4) is 0 Å². The second-order valence-electron chi connectivity index (χ2n) is 2.01. The van der Waals surface area contributed by atoms with Crippen molar-refractivity contribution < 1.29 is 4.79 Å². The lowest BCUT2D eigenvalue weighted by Crippen LogP contribution is -2.49. The van der Waals surface area contributed by atoms with Crippen molar-refractivity contribution >= 4 is 5.91 Å². The first kappa shape index (κ1) is 5.56. The van der Waals surface area contributed by atoms with Gasteiger partial charge in [0.1, 0.15) is 0 Å². The lowest BCUT2D eigenvalue weighted by molar-refractivity contribution is -0.125. The average Bonchev–Trinajstić information content (AvgIpc) is 1.55. The summed E-state index contributed by atoms with van der Waals surface area (Å²) in [4.78, 5) is 10.3. The number of carbonyl (C=O) groups excluding carboxylic acids is 1. The molecule has 0 atom stereocenters. The fraction of sp³-hybridized carbons (Fsp3) is 0.800. The molecule has 1 aliphatic rings. The van der Waals surface area contributed by atoms with Crippen LogP contribution >= 0.6 is 0 Å². The van der Waals surface area contributed by atoms with Crippen LogP contribution < -0.4 is 5.43 Å². The van der Waals surface area contributed by atoms with Crippen molar-refractivity contribution in [3.63, 3.8) is 0 Å². The zero-order valence-electron chi connectivity index (χ0n) is 4.98. The summed E-state index contributed by atoms with van der Waals surface area (Å²) in [7, 11) is 0. The Morgan fingerprint density at radius 2 is 2.25 bits per heavy atom. The quantitative estimate of drug-likeness (QED) is 0.509. The van der Waals surface area contributed by atoms with E-state index in [0.29, 0.717) is 0 Å². The second kappa shape index (κ2) is 2.13. The van der Waals surface area contributed by atoms with Crippen LogP contribution in [0.2, 0.25) is 0 Å². The summed E-state index contributed by atoms with van der Waals surface area (Å²) < 4.78 is 0. The molecule has 0 saturated carbocycles. The Hall–Kier alpha value is -0.570. The molecular weight excluding hydrogens is 104 g/mol. The molecule has 1 saturated heterocycles. The molecule has 1 amide bonds. The standard InChI is InChI=1S/C5H10N2O/c1-5(8)6-7-3-2-4-7/h2-4H2,1H3,(H,6,8). The van der Waals surface area contributed by atoms with Crippen molar-refractivity contribution in [1.82, 2.24) is 10.4 Å². The summed E-state index contributed by atoms with van der Waals surface area (Å²) in [5.74, 6) is 0.0321. The van der Waals surface area contributed by atoms with Gasteiger partial charge in [0.15, 0.2) is 0 Å². The summed E-state index contributed by atoms with van der Waals surface area (Å²) in [5, 5.41) is 1.91. The maximum Gasteiger partial charge on any atom is 0.231 e. The molecule has 0 radical (unpaired) electrons. The van der Waals surface area contributed by atoms with Gasteiger partial charge in [0, 0.05) is 20.0 Å². The lowest BCUT2D eigenvalue weighted by Gasteiger charge is -2.30. The van der Waals surface area contributed by atoms with Crippen LogP contribution in [0.15, 0.2) is 0 Å². The molecule has 1 N–H and O–H groups in total. The Kier molecular flexibility index (Phi) is 1.48. The first-order chi connectivity index (χ1) is 3.79. The van der Waals surface area contributed by atoms with Crippen LogP contribution in [0.25, 0.3) is 0 Å². The first-order valence-corrected chi connectivity index (χ1v) is 2.81. The van der Waals surface area contributed by atoms with Crippen molar-refractivity contribution in [1.29, 1.82) is 0 Å². The van der Waals surface area contributed by atoms with Gasteiger partial charge in [-0.15, -0.1) is 0 Å². The van der Waals surface area contributed by atoms with Gasteiger partial charge in [-0.1, -0.05) is 0 Å². The first-order valence-electron chi connectivity index (χ1n) is 2.81. The molecule has 3 heteroatoms. The highest BCUT2D eigenvalue weighted by Crippen LogP contribution is 1.99. The zero-order valence-corrected chi connectivity index (χ0v) is 4.98. The number of carbonyl (C=O) groups is 1. The van der Waals surface area contributed by atoms with Crippen LogP contribution in [0.4, 0.5) is 0 Å². The molecule has 8 heavy (non-hydrogen) atoms. The predicted octanol–water partition coefficient (Wildman–Crippen LogP) is -0.257. The molecule has 46 valence electrons. The van der Waals surface area contributed by atoms with E-state index in [1.165, 1.54) is 13.3 Å². The fourth-order valence-corrected chi connectivity index (χ4v) is 0.651. The minimum Gasteiger partial charge on any atom is -0.289 e. The van der Waals surface area contributed by atoms with Crippen molar-refractivity contribution in [3.05, 3.63) is 0 Å². The largest absolute Gasteiger partial charge is 0.289 e. The van der Waals surface area contributed by atoms with Gasteiger partial charge < -0.3 is 0 Å². The van der Waals surface area contributed by atoms with Gasteiger partial charge in [0.2, 0.25) is 5.91 Å². The number of nitrogens with zero attached hydrogens (tertiary/aromatic N) is 1. The number of amides is 1. The van der Waals surface area contributed by atoms with E-state index in [0.717, 1.165) is 13.1 Å². The van der Waals surface area contributed by atoms with E-state index in [2.05, 4.69) is 5.43 Å². The van der Waals surface area contributed by atoms with Crippen molar-refractivity contribution in [2.24, 2.45) is 0 Å². The van der Waals surface area contributed by atoms with Gasteiger partial charge in [-0.25, -0.2) is 5.01 Å². The molecule has 1 rings (SSSR count). The molecule has 0 aromatic rings. The maximum atomic E-state index is 10.3. The van der Waals surface area contributed by atoms with Crippen LogP contribution in [0, 0.1) is 0 Å². The fourth-order valence-electron chi connectivity index (χ4n) is 0.651. The SMILES string of the molecule is CC(=O)NN1CCC1. The van der Waals surface area contributed by atoms with E-state index in [1.54, 1.807) is 0 Å². The summed E-state index contributed by atoms with van der Waals surface area (Å²) in [6.07, 6.45) is 1.21. The highest BCUT2D eigenvalue weighted by molar-refractivity contribution is 5.72. The zero-order chi connectivity index (χ0) is 5.98. The molecule has 0 aliphatic carbocycles. The third-order valence-corrected chi connectivity index (χ3v) is 1.17. The molecule has 0 unspecified atom stereocenters. The van der Waals surface area contributed by atoms with Gasteiger partial charge in [-0.2, -0.15) is 0 Å². The minimum atomic E-state index is 0.0321. The van der Waals surface area contributed by atoms with E-state index < -0.39 is 0 Å². The lowest BCUT2D eigenvalue weighted by atomic mass is 10.3. The van der Waals surface area contributed by atoms with Crippen LogP contribution in [-0.2, 0) is 4.79 Å². The highest BCUT2D eigenvalue weighted by Gasteiger charge is 2.12. The third-order valence-electron chi connectivity index (χ3n) is 1.17. The summed E-state index contributed by atoms with van der Waals surface area (Å²) >= 11 is 0. The molecule has 0 aromatic heterocycles. The molecule has 0 aromatic carbocycles.